The molecule has 0 saturated heterocycles. The number of carboxylic acids is 1. The van der Waals surface area contributed by atoms with Crippen LogP contribution >= 0.6 is 0 Å². The van der Waals surface area contributed by atoms with E-state index in [2.05, 4.69) is 22.8 Å². The first kappa shape index (κ1) is 23.3. The standard InChI is InChI=1S/C25H30N2O5/c1-15(13-21(28)29)26-23(30)22(25(2,3)4)27-24(31)32-14-20-18-11-7-5-9-16(18)17-10-6-8-12-19(17)20/h5-12,15,20,22H,13-14H2,1-4H3,(H,26,30)(H,27,31)(H,28,29)/t15-,22-/m0/s1. The lowest BCUT2D eigenvalue weighted by Crippen LogP contribution is -2.55. The lowest BCUT2D eigenvalue weighted by atomic mass is 9.86. The first-order valence-corrected chi connectivity index (χ1v) is 10.7. The third-order valence-electron chi connectivity index (χ3n) is 5.60. The average molecular weight is 439 g/mol. The van der Waals surface area contributed by atoms with E-state index < -0.39 is 35.5 Å². The number of carbonyl (C=O) groups excluding carboxylic acids is 2. The molecular formula is C25H30N2O5. The zero-order chi connectivity index (χ0) is 23.5. The van der Waals surface area contributed by atoms with E-state index in [-0.39, 0.29) is 18.9 Å². The van der Waals surface area contributed by atoms with Crippen LogP contribution in [0.3, 0.4) is 0 Å². The van der Waals surface area contributed by atoms with Crippen LogP contribution < -0.4 is 10.6 Å². The smallest absolute Gasteiger partial charge is 0.407 e. The van der Waals surface area contributed by atoms with Gasteiger partial charge in [-0.1, -0.05) is 69.3 Å². The Morgan fingerprint density at radius 1 is 0.969 bits per heavy atom. The molecule has 0 fully saturated rings. The Morgan fingerprint density at radius 2 is 1.50 bits per heavy atom. The third kappa shape index (κ3) is 5.28. The van der Waals surface area contributed by atoms with E-state index in [9.17, 15) is 14.4 Å². The van der Waals surface area contributed by atoms with Crippen molar-refractivity contribution in [1.29, 1.82) is 0 Å². The van der Waals surface area contributed by atoms with Crippen molar-refractivity contribution >= 4 is 18.0 Å². The number of hydrogen-bond acceptors (Lipinski definition) is 4. The Hall–Kier alpha value is -3.35. The van der Waals surface area contributed by atoms with E-state index in [1.54, 1.807) is 6.92 Å². The van der Waals surface area contributed by atoms with Crippen LogP contribution in [-0.4, -0.2) is 41.8 Å². The maximum atomic E-state index is 12.7. The fourth-order valence-electron chi connectivity index (χ4n) is 4.07. The van der Waals surface area contributed by atoms with Gasteiger partial charge in [-0.3, -0.25) is 9.59 Å². The van der Waals surface area contributed by atoms with Gasteiger partial charge in [0.1, 0.15) is 12.6 Å². The molecule has 7 nitrogen and oxygen atoms in total. The quantitative estimate of drug-likeness (QED) is 0.608. The number of carbonyl (C=O) groups is 3. The van der Waals surface area contributed by atoms with Crippen LogP contribution in [0.5, 0.6) is 0 Å². The molecule has 1 aliphatic carbocycles. The van der Waals surface area contributed by atoms with Crippen molar-refractivity contribution in [3.05, 3.63) is 59.7 Å². The Balaban J connectivity index is 1.67. The topological polar surface area (TPSA) is 105 Å². The summed E-state index contributed by atoms with van der Waals surface area (Å²) in [5, 5.41) is 14.2. The van der Waals surface area contributed by atoms with E-state index in [0.717, 1.165) is 22.3 Å². The van der Waals surface area contributed by atoms with Gasteiger partial charge in [0, 0.05) is 12.0 Å². The maximum absolute atomic E-state index is 12.7. The molecule has 0 aromatic heterocycles. The second-order valence-corrected chi connectivity index (χ2v) is 9.28. The van der Waals surface area contributed by atoms with E-state index in [1.807, 2.05) is 57.2 Å². The molecule has 0 heterocycles. The van der Waals surface area contributed by atoms with Gasteiger partial charge in [-0.05, 0) is 34.6 Å². The van der Waals surface area contributed by atoms with Crippen LogP contribution in [0.25, 0.3) is 11.1 Å². The number of carboxylic acid groups (broad SMARTS) is 1. The number of benzene rings is 2. The first-order chi connectivity index (χ1) is 15.1. The molecular weight excluding hydrogens is 408 g/mol. The second-order valence-electron chi connectivity index (χ2n) is 9.28. The number of nitrogens with one attached hydrogen (secondary N) is 2. The summed E-state index contributed by atoms with van der Waals surface area (Å²) in [4.78, 5) is 36.3. The molecule has 3 N–H and O–H groups in total. The lowest BCUT2D eigenvalue weighted by molar-refractivity contribution is -0.137. The zero-order valence-corrected chi connectivity index (χ0v) is 18.8. The molecule has 3 rings (SSSR count). The monoisotopic (exact) mass is 438 g/mol. The van der Waals surface area contributed by atoms with Crippen LogP contribution in [0.2, 0.25) is 0 Å². The van der Waals surface area contributed by atoms with Gasteiger partial charge in [-0.25, -0.2) is 4.79 Å². The predicted molar refractivity (Wildman–Crippen MR) is 121 cm³/mol. The molecule has 0 saturated carbocycles. The number of fused-ring (bicyclic) bond motifs is 3. The molecule has 0 unspecified atom stereocenters. The maximum Gasteiger partial charge on any atom is 0.407 e. The largest absolute Gasteiger partial charge is 0.481 e. The Bertz CT molecular complexity index is 966. The predicted octanol–water partition coefficient (Wildman–Crippen LogP) is 3.92. The number of hydrogen-bond donors (Lipinski definition) is 3. The molecule has 2 amide bonds. The average Bonchev–Trinajstić information content (AvgIpc) is 3.02. The molecule has 0 radical (unpaired) electrons. The van der Waals surface area contributed by atoms with Crippen molar-refractivity contribution in [3.63, 3.8) is 0 Å². The lowest BCUT2D eigenvalue weighted by Gasteiger charge is -2.31. The Labute approximate surface area is 188 Å². The number of alkyl carbamates (subject to hydrolysis) is 1. The van der Waals surface area contributed by atoms with E-state index in [1.165, 1.54) is 0 Å². The van der Waals surface area contributed by atoms with Gasteiger partial charge in [0.2, 0.25) is 5.91 Å². The summed E-state index contributed by atoms with van der Waals surface area (Å²) in [6.07, 6.45) is -0.888. The fraction of sp³-hybridized carbons (Fsp3) is 0.400. The first-order valence-electron chi connectivity index (χ1n) is 10.7. The number of amides is 2. The van der Waals surface area contributed by atoms with E-state index in [0.29, 0.717) is 0 Å². The SMILES string of the molecule is C[C@@H](CC(=O)O)NC(=O)[C@H](NC(=O)OCC1c2ccccc2-c2ccccc21)C(C)(C)C. The molecule has 0 spiro atoms. The Kier molecular flexibility index (Phi) is 6.87. The van der Waals surface area contributed by atoms with Crippen molar-refractivity contribution in [1.82, 2.24) is 10.6 Å². The van der Waals surface area contributed by atoms with Gasteiger partial charge in [-0.2, -0.15) is 0 Å². The highest BCUT2D eigenvalue weighted by Gasteiger charge is 2.35. The van der Waals surface area contributed by atoms with E-state index in [4.69, 9.17) is 9.84 Å². The molecule has 1 aliphatic rings. The van der Waals surface area contributed by atoms with Gasteiger partial charge in [-0.15, -0.1) is 0 Å². The minimum absolute atomic E-state index is 0.0781. The minimum Gasteiger partial charge on any atom is -0.481 e. The summed E-state index contributed by atoms with van der Waals surface area (Å²) in [5.41, 5.74) is 3.88. The van der Waals surface area contributed by atoms with Gasteiger partial charge < -0.3 is 20.5 Å². The molecule has 2 aromatic carbocycles. The molecule has 32 heavy (non-hydrogen) atoms. The molecule has 0 bridgehead atoms. The summed E-state index contributed by atoms with van der Waals surface area (Å²) in [6.45, 7) is 7.22. The van der Waals surface area contributed by atoms with Gasteiger partial charge in [0.15, 0.2) is 0 Å². The van der Waals surface area contributed by atoms with Crippen LogP contribution in [0.15, 0.2) is 48.5 Å². The highest BCUT2D eigenvalue weighted by atomic mass is 16.5. The summed E-state index contributed by atoms with van der Waals surface area (Å²) < 4.78 is 5.56. The normalized spacial score (nSPS) is 14.6. The fourth-order valence-corrected chi connectivity index (χ4v) is 4.07. The van der Waals surface area contributed by atoms with Crippen molar-refractivity contribution in [2.24, 2.45) is 5.41 Å². The molecule has 2 aromatic rings. The number of ether oxygens (including phenoxy) is 1. The summed E-state index contributed by atoms with van der Waals surface area (Å²) in [6, 6.07) is 14.7. The van der Waals surface area contributed by atoms with Gasteiger partial charge in [0.05, 0.1) is 6.42 Å². The second kappa shape index (κ2) is 9.42. The highest BCUT2D eigenvalue weighted by molar-refractivity contribution is 5.87. The molecule has 0 aliphatic heterocycles. The number of aliphatic carboxylic acids is 1. The number of rotatable bonds is 7. The summed E-state index contributed by atoms with van der Waals surface area (Å²) in [5.74, 6) is -1.53. The molecule has 7 heteroatoms. The highest BCUT2D eigenvalue weighted by Crippen LogP contribution is 2.44. The van der Waals surface area contributed by atoms with Crippen molar-refractivity contribution in [3.8, 4) is 11.1 Å². The van der Waals surface area contributed by atoms with E-state index >= 15 is 0 Å². The van der Waals surface area contributed by atoms with Crippen LogP contribution in [0.4, 0.5) is 4.79 Å². The van der Waals surface area contributed by atoms with Gasteiger partial charge in [0.25, 0.3) is 0 Å². The summed E-state index contributed by atoms with van der Waals surface area (Å²) in [7, 11) is 0. The van der Waals surface area contributed by atoms with Crippen molar-refractivity contribution in [2.45, 2.75) is 52.1 Å². The van der Waals surface area contributed by atoms with Crippen LogP contribution in [0, 0.1) is 5.41 Å². The van der Waals surface area contributed by atoms with Crippen molar-refractivity contribution in [2.75, 3.05) is 6.61 Å². The van der Waals surface area contributed by atoms with Gasteiger partial charge >= 0.3 is 12.1 Å². The molecule has 2 atom stereocenters. The minimum atomic E-state index is -1.00. The third-order valence-corrected chi connectivity index (χ3v) is 5.60. The summed E-state index contributed by atoms with van der Waals surface area (Å²) >= 11 is 0. The van der Waals surface area contributed by atoms with Crippen LogP contribution in [-0.2, 0) is 14.3 Å². The molecule has 170 valence electrons. The zero-order valence-electron chi connectivity index (χ0n) is 18.8. The van der Waals surface area contributed by atoms with Crippen LogP contribution in [0.1, 0.15) is 51.2 Å². The Morgan fingerprint density at radius 3 is 2.00 bits per heavy atom. The van der Waals surface area contributed by atoms with Crippen molar-refractivity contribution < 1.29 is 24.2 Å².